The molecule has 2 aromatic heterocycles. The van der Waals surface area contributed by atoms with Gasteiger partial charge in [-0.15, -0.1) is 0 Å². The number of anilines is 1. The van der Waals surface area contributed by atoms with Crippen LogP contribution in [0.1, 0.15) is 5.82 Å². The second kappa shape index (κ2) is 6.91. The van der Waals surface area contributed by atoms with Gasteiger partial charge in [-0.05, 0) is 25.1 Å². The van der Waals surface area contributed by atoms with Crippen LogP contribution in [0, 0.1) is 6.92 Å². The quantitative estimate of drug-likeness (QED) is 0.736. The van der Waals surface area contributed by atoms with E-state index in [2.05, 4.69) is 20.3 Å². The number of carbonyl (C=O) groups is 1. The SMILES string of the molecule is Cc1nccc(-c2cccc(NC(=O)Cn3ccc(=O)[nH]c3=O)c2)n1. The van der Waals surface area contributed by atoms with Gasteiger partial charge in [0.05, 0.1) is 5.69 Å². The Bertz CT molecular complexity index is 1040. The zero-order chi connectivity index (χ0) is 17.8. The van der Waals surface area contributed by atoms with Crippen molar-refractivity contribution in [1.29, 1.82) is 0 Å². The maximum atomic E-state index is 12.1. The highest BCUT2D eigenvalue weighted by atomic mass is 16.2. The number of carbonyl (C=O) groups excluding carboxylic acids is 1. The standard InChI is InChI=1S/C17H15N5O3/c1-11-18-7-5-14(19-11)12-3-2-4-13(9-12)20-16(24)10-22-8-6-15(23)21-17(22)25/h2-9H,10H2,1H3,(H,20,24)(H,21,23,25). The number of H-pyrrole nitrogens is 1. The number of benzene rings is 1. The first kappa shape index (κ1) is 16.3. The van der Waals surface area contributed by atoms with E-state index in [1.807, 2.05) is 6.07 Å². The van der Waals surface area contributed by atoms with Crippen molar-refractivity contribution >= 4 is 11.6 Å². The van der Waals surface area contributed by atoms with Crippen molar-refractivity contribution in [2.24, 2.45) is 0 Å². The summed E-state index contributed by atoms with van der Waals surface area (Å²) < 4.78 is 1.12. The van der Waals surface area contributed by atoms with E-state index < -0.39 is 11.2 Å². The molecule has 0 aliphatic heterocycles. The van der Waals surface area contributed by atoms with Crippen molar-refractivity contribution in [2.45, 2.75) is 13.5 Å². The average molecular weight is 337 g/mol. The molecule has 0 spiro atoms. The molecule has 126 valence electrons. The Morgan fingerprint density at radius 3 is 2.84 bits per heavy atom. The third-order valence-electron chi connectivity index (χ3n) is 3.43. The second-order valence-electron chi connectivity index (χ2n) is 5.36. The van der Waals surface area contributed by atoms with Crippen molar-refractivity contribution in [2.75, 3.05) is 5.32 Å². The Morgan fingerprint density at radius 1 is 1.24 bits per heavy atom. The minimum atomic E-state index is -0.632. The van der Waals surface area contributed by atoms with Crippen molar-refractivity contribution < 1.29 is 4.79 Å². The summed E-state index contributed by atoms with van der Waals surface area (Å²) in [6.45, 7) is 1.60. The van der Waals surface area contributed by atoms with Gasteiger partial charge in [-0.1, -0.05) is 12.1 Å². The van der Waals surface area contributed by atoms with Crippen molar-refractivity contribution in [3.05, 3.63) is 75.5 Å². The maximum Gasteiger partial charge on any atom is 0.328 e. The van der Waals surface area contributed by atoms with Crippen molar-refractivity contribution in [3.63, 3.8) is 0 Å². The number of nitrogens with zero attached hydrogens (tertiary/aromatic N) is 3. The first-order chi connectivity index (χ1) is 12.0. The Balaban J connectivity index is 1.76. The number of aryl methyl sites for hydroxylation is 1. The third-order valence-corrected chi connectivity index (χ3v) is 3.43. The first-order valence-electron chi connectivity index (χ1n) is 7.51. The molecule has 0 saturated heterocycles. The largest absolute Gasteiger partial charge is 0.328 e. The highest BCUT2D eigenvalue weighted by Crippen LogP contribution is 2.20. The van der Waals surface area contributed by atoms with Gasteiger partial charge in [0.1, 0.15) is 12.4 Å². The van der Waals surface area contributed by atoms with E-state index in [1.54, 1.807) is 37.4 Å². The third kappa shape index (κ3) is 4.05. The van der Waals surface area contributed by atoms with Gasteiger partial charge in [0.15, 0.2) is 0 Å². The Kier molecular flexibility index (Phi) is 4.51. The summed E-state index contributed by atoms with van der Waals surface area (Å²) in [5.41, 5.74) is 1.03. The van der Waals surface area contributed by atoms with E-state index >= 15 is 0 Å². The van der Waals surface area contributed by atoms with Crippen molar-refractivity contribution in [1.82, 2.24) is 19.5 Å². The molecule has 2 heterocycles. The summed E-state index contributed by atoms with van der Waals surface area (Å²) in [5, 5.41) is 2.72. The van der Waals surface area contributed by atoms with E-state index in [4.69, 9.17) is 0 Å². The predicted molar refractivity (Wildman–Crippen MR) is 92.2 cm³/mol. The van der Waals surface area contributed by atoms with E-state index in [0.29, 0.717) is 11.5 Å². The van der Waals surface area contributed by atoms with Gasteiger partial charge in [0.25, 0.3) is 5.56 Å². The van der Waals surface area contributed by atoms with Gasteiger partial charge in [0.2, 0.25) is 5.91 Å². The van der Waals surface area contributed by atoms with Crippen LogP contribution in [-0.2, 0) is 11.3 Å². The van der Waals surface area contributed by atoms with Crippen LogP contribution in [0.5, 0.6) is 0 Å². The molecule has 0 atom stereocenters. The molecule has 1 amide bonds. The maximum absolute atomic E-state index is 12.1. The lowest BCUT2D eigenvalue weighted by molar-refractivity contribution is -0.116. The van der Waals surface area contributed by atoms with Gasteiger partial charge in [-0.3, -0.25) is 19.1 Å². The minimum Gasteiger partial charge on any atom is -0.325 e. The fourth-order valence-corrected chi connectivity index (χ4v) is 2.30. The second-order valence-corrected chi connectivity index (χ2v) is 5.36. The lowest BCUT2D eigenvalue weighted by atomic mass is 10.1. The summed E-state index contributed by atoms with van der Waals surface area (Å²) in [7, 11) is 0. The zero-order valence-electron chi connectivity index (χ0n) is 13.4. The lowest BCUT2D eigenvalue weighted by Gasteiger charge is -2.08. The molecular weight excluding hydrogens is 322 g/mol. The van der Waals surface area contributed by atoms with Crippen LogP contribution in [0.3, 0.4) is 0 Å². The number of hydrogen-bond acceptors (Lipinski definition) is 5. The van der Waals surface area contributed by atoms with Crippen LogP contribution < -0.4 is 16.6 Å². The fourth-order valence-electron chi connectivity index (χ4n) is 2.30. The lowest BCUT2D eigenvalue weighted by Crippen LogP contribution is -2.32. The minimum absolute atomic E-state index is 0.202. The van der Waals surface area contributed by atoms with Crippen LogP contribution in [-0.4, -0.2) is 25.4 Å². The topological polar surface area (TPSA) is 110 Å². The van der Waals surface area contributed by atoms with Crippen LogP contribution in [0.2, 0.25) is 0 Å². The molecule has 0 radical (unpaired) electrons. The highest BCUT2D eigenvalue weighted by Gasteiger charge is 2.07. The fraction of sp³-hybridized carbons (Fsp3) is 0.118. The summed E-state index contributed by atoms with van der Waals surface area (Å²) in [6, 6.07) is 10.2. The number of amides is 1. The summed E-state index contributed by atoms with van der Waals surface area (Å²) in [4.78, 5) is 45.3. The Morgan fingerprint density at radius 2 is 2.08 bits per heavy atom. The molecule has 0 aliphatic rings. The molecule has 3 aromatic rings. The van der Waals surface area contributed by atoms with Gasteiger partial charge < -0.3 is 5.32 Å². The molecule has 8 nitrogen and oxygen atoms in total. The smallest absolute Gasteiger partial charge is 0.325 e. The average Bonchev–Trinajstić information content (AvgIpc) is 2.58. The molecule has 0 bridgehead atoms. The number of aromatic amines is 1. The highest BCUT2D eigenvalue weighted by molar-refractivity contribution is 5.91. The number of aromatic nitrogens is 4. The molecule has 8 heteroatoms. The van der Waals surface area contributed by atoms with E-state index in [9.17, 15) is 14.4 Å². The molecular formula is C17H15N5O3. The summed E-state index contributed by atoms with van der Waals surface area (Å²) >= 11 is 0. The molecule has 0 aliphatic carbocycles. The van der Waals surface area contributed by atoms with Crippen molar-refractivity contribution in [3.8, 4) is 11.3 Å². The summed E-state index contributed by atoms with van der Waals surface area (Å²) in [6.07, 6.45) is 2.95. The van der Waals surface area contributed by atoms with Crippen LogP contribution >= 0.6 is 0 Å². The summed E-state index contributed by atoms with van der Waals surface area (Å²) in [5.74, 6) is 0.273. The molecule has 25 heavy (non-hydrogen) atoms. The van der Waals surface area contributed by atoms with Gasteiger partial charge in [-0.2, -0.15) is 0 Å². The molecule has 3 rings (SSSR count). The molecule has 2 N–H and O–H groups in total. The van der Waals surface area contributed by atoms with Gasteiger partial charge in [0, 0.05) is 29.7 Å². The molecule has 1 aromatic carbocycles. The molecule has 0 unspecified atom stereocenters. The Hall–Kier alpha value is -3.55. The monoisotopic (exact) mass is 337 g/mol. The van der Waals surface area contributed by atoms with Crippen LogP contribution in [0.15, 0.2) is 58.4 Å². The van der Waals surface area contributed by atoms with Gasteiger partial charge in [-0.25, -0.2) is 14.8 Å². The number of rotatable bonds is 4. The molecule has 0 fully saturated rings. The van der Waals surface area contributed by atoms with Crippen LogP contribution in [0.25, 0.3) is 11.3 Å². The Labute approximate surface area is 142 Å². The van der Waals surface area contributed by atoms with E-state index in [-0.39, 0.29) is 12.5 Å². The number of hydrogen-bond donors (Lipinski definition) is 2. The normalized spacial score (nSPS) is 10.4. The first-order valence-corrected chi connectivity index (χ1v) is 7.51. The van der Waals surface area contributed by atoms with E-state index in [0.717, 1.165) is 15.8 Å². The number of nitrogens with one attached hydrogen (secondary N) is 2. The van der Waals surface area contributed by atoms with E-state index in [1.165, 1.54) is 12.3 Å². The van der Waals surface area contributed by atoms with Crippen LogP contribution in [0.4, 0.5) is 5.69 Å². The zero-order valence-corrected chi connectivity index (χ0v) is 13.4. The molecule has 0 saturated carbocycles. The van der Waals surface area contributed by atoms with Gasteiger partial charge >= 0.3 is 5.69 Å². The predicted octanol–water partition coefficient (Wildman–Crippen LogP) is 0.941.